The van der Waals surface area contributed by atoms with E-state index in [1.807, 2.05) is 6.26 Å². The lowest BCUT2D eigenvalue weighted by Gasteiger charge is -2.24. The van der Waals surface area contributed by atoms with Crippen molar-refractivity contribution in [1.82, 2.24) is 10.3 Å². The minimum atomic E-state index is 0.587. The summed E-state index contributed by atoms with van der Waals surface area (Å²) in [5.41, 5.74) is 1.16. The summed E-state index contributed by atoms with van der Waals surface area (Å²) in [6.07, 6.45) is 9.87. The Labute approximate surface area is 96.6 Å². The molecular weight excluding hydrogens is 200 g/mol. The molecule has 0 aromatic carbocycles. The molecule has 0 spiro atoms. The van der Waals surface area contributed by atoms with Crippen LogP contribution in [0.5, 0.6) is 0 Å². The third-order valence-corrected chi connectivity index (χ3v) is 3.94. The van der Waals surface area contributed by atoms with Crippen LogP contribution in [-0.2, 0) is 0 Å². The van der Waals surface area contributed by atoms with Crippen LogP contribution in [-0.4, -0.2) is 18.1 Å². The molecule has 1 aromatic rings. The maximum Gasteiger partial charge on any atom is 0.197 e. The van der Waals surface area contributed by atoms with Crippen molar-refractivity contribution >= 4 is 0 Å². The van der Waals surface area contributed by atoms with Crippen LogP contribution in [0.3, 0.4) is 0 Å². The van der Waals surface area contributed by atoms with Crippen molar-refractivity contribution in [3.8, 4) is 0 Å². The molecule has 0 amide bonds. The van der Waals surface area contributed by atoms with Crippen LogP contribution in [0, 0.1) is 0 Å². The van der Waals surface area contributed by atoms with E-state index in [9.17, 15) is 0 Å². The van der Waals surface area contributed by atoms with Gasteiger partial charge in [-0.25, -0.2) is 4.98 Å². The largest absolute Gasteiger partial charge is 0.448 e. The highest BCUT2D eigenvalue weighted by molar-refractivity contribution is 5.11. The summed E-state index contributed by atoms with van der Waals surface area (Å²) in [6.45, 7) is 2.13. The Kier molecular flexibility index (Phi) is 2.96. The van der Waals surface area contributed by atoms with Crippen molar-refractivity contribution in [3.05, 3.63) is 17.8 Å². The summed E-state index contributed by atoms with van der Waals surface area (Å²) in [7, 11) is 0. The monoisotopic (exact) mass is 220 g/mol. The Morgan fingerprint density at radius 1 is 1.06 bits per heavy atom. The Bertz CT molecular complexity index is 335. The van der Waals surface area contributed by atoms with Gasteiger partial charge in [0.1, 0.15) is 6.26 Å². The smallest absolute Gasteiger partial charge is 0.197 e. The first-order valence-electron chi connectivity index (χ1n) is 6.59. The molecule has 88 valence electrons. The number of hydrogen-bond donors (Lipinski definition) is 1. The van der Waals surface area contributed by atoms with E-state index < -0.39 is 0 Å². The van der Waals surface area contributed by atoms with Crippen LogP contribution in [0.4, 0.5) is 0 Å². The number of hydrogen-bond acceptors (Lipinski definition) is 3. The first kappa shape index (κ1) is 10.3. The molecule has 2 aliphatic rings. The van der Waals surface area contributed by atoms with Gasteiger partial charge in [0.25, 0.3) is 0 Å². The fourth-order valence-corrected chi connectivity index (χ4v) is 2.70. The van der Waals surface area contributed by atoms with Gasteiger partial charge in [0, 0.05) is 24.9 Å². The van der Waals surface area contributed by atoms with Crippen LogP contribution in [0.15, 0.2) is 10.7 Å². The maximum atomic E-state index is 5.68. The minimum absolute atomic E-state index is 0.587. The van der Waals surface area contributed by atoms with E-state index in [-0.39, 0.29) is 0 Å². The van der Waals surface area contributed by atoms with E-state index in [1.165, 1.54) is 38.5 Å². The van der Waals surface area contributed by atoms with Gasteiger partial charge in [-0.05, 0) is 12.8 Å². The average molecular weight is 220 g/mol. The lowest BCUT2D eigenvalue weighted by molar-refractivity contribution is 0.418. The molecule has 1 N–H and O–H groups in total. The quantitative estimate of drug-likeness (QED) is 0.779. The lowest BCUT2D eigenvalue weighted by Crippen LogP contribution is -2.40. The summed E-state index contributed by atoms with van der Waals surface area (Å²) in [5.74, 6) is 2.19. The number of nitrogens with zero attached hydrogens (tertiary/aromatic N) is 1. The summed E-state index contributed by atoms with van der Waals surface area (Å²) in [5, 5.41) is 3.28. The Hall–Kier alpha value is -0.830. The molecule has 1 aromatic heterocycles. The number of nitrogens with one attached hydrogen (secondary N) is 1. The van der Waals surface area contributed by atoms with Crippen molar-refractivity contribution in [1.29, 1.82) is 0 Å². The highest BCUT2D eigenvalue weighted by Crippen LogP contribution is 2.32. The molecule has 0 unspecified atom stereocenters. The van der Waals surface area contributed by atoms with Gasteiger partial charge in [0.05, 0.1) is 5.69 Å². The molecule has 0 atom stereocenters. The van der Waals surface area contributed by atoms with Crippen molar-refractivity contribution in [2.75, 3.05) is 13.1 Å². The molecule has 1 saturated carbocycles. The predicted octanol–water partition coefficient (Wildman–Crippen LogP) is 2.80. The fraction of sp³-hybridized carbons (Fsp3) is 0.769. The fourth-order valence-electron chi connectivity index (χ4n) is 2.70. The molecule has 2 fully saturated rings. The molecular formula is C13H20N2O. The lowest BCUT2D eigenvalue weighted by atomic mass is 9.99. The van der Waals surface area contributed by atoms with Crippen LogP contribution >= 0.6 is 0 Å². The maximum absolute atomic E-state index is 5.68. The molecule has 3 heteroatoms. The second kappa shape index (κ2) is 4.58. The highest BCUT2D eigenvalue weighted by atomic mass is 16.3. The summed E-state index contributed by atoms with van der Waals surface area (Å²) in [6, 6.07) is 0. The first-order valence-corrected chi connectivity index (χ1v) is 6.59. The summed E-state index contributed by atoms with van der Waals surface area (Å²) < 4.78 is 5.68. The Morgan fingerprint density at radius 3 is 2.44 bits per heavy atom. The summed E-state index contributed by atoms with van der Waals surface area (Å²) >= 11 is 0. The molecule has 3 rings (SSSR count). The second-order valence-corrected chi connectivity index (χ2v) is 5.15. The standard InChI is InChI=1S/C13H20N2O/c1-2-4-6-10(5-3-1)13-15-12(9-16-13)11-7-14-8-11/h9-11,14H,1-8H2. The molecule has 0 radical (unpaired) electrons. The van der Waals surface area contributed by atoms with E-state index in [4.69, 9.17) is 9.40 Å². The number of oxazole rings is 1. The van der Waals surface area contributed by atoms with Crippen LogP contribution in [0.2, 0.25) is 0 Å². The van der Waals surface area contributed by atoms with E-state index in [0.29, 0.717) is 11.8 Å². The molecule has 1 aliphatic heterocycles. The topological polar surface area (TPSA) is 38.1 Å². The number of rotatable bonds is 2. The van der Waals surface area contributed by atoms with Crippen molar-refractivity contribution in [3.63, 3.8) is 0 Å². The zero-order valence-electron chi connectivity index (χ0n) is 9.74. The van der Waals surface area contributed by atoms with Gasteiger partial charge in [0.2, 0.25) is 0 Å². The molecule has 0 bridgehead atoms. The van der Waals surface area contributed by atoms with Crippen molar-refractivity contribution < 1.29 is 4.42 Å². The van der Waals surface area contributed by atoms with Gasteiger partial charge in [-0.1, -0.05) is 25.7 Å². The van der Waals surface area contributed by atoms with Crippen LogP contribution in [0.25, 0.3) is 0 Å². The van der Waals surface area contributed by atoms with E-state index in [2.05, 4.69) is 5.32 Å². The third kappa shape index (κ3) is 2.01. The second-order valence-electron chi connectivity index (χ2n) is 5.15. The van der Waals surface area contributed by atoms with E-state index in [0.717, 1.165) is 24.7 Å². The normalized spacial score (nSPS) is 24.0. The molecule has 2 heterocycles. The van der Waals surface area contributed by atoms with Gasteiger partial charge in [0.15, 0.2) is 5.89 Å². The Balaban J connectivity index is 1.70. The molecule has 16 heavy (non-hydrogen) atoms. The SMILES string of the molecule is c1oc(C2CCCCCC2)nc1C1CNC1. The van der Waals surface area contributed by atoms with E-state index in [1.54, 1.807) is 0 Å². The van der Waals surface area contributed by atoms with Gasteiger partial charge >= 0.3 is 0 Å². The molecule has 1 aliphatic carbocycles. The van der Waals surface area contributed by atoms with E-state index >= 15 is 0 Å². The molecule has 1 saturated heterocycles. The van der Waals surface area contributed by atoms with Gasteiger partial charge in [-0.3, -0.25) is 0 Å². The third-order valence-electron chi connectivity index (χ3n) is 3.94. The van der Waals surface area contributed by atoms with Crippen molar-refractivity contribution in [2.45, 2.75) is 50.4 Å². The van der Waals surface area contributed by atoms with Crippen LogP contribution < -0.4 is 5.32 Å². The molecule has 3 nitrogen and oxygen atoms in total. The zero-order valence-corrected chi connectivity index (χ0v) is 9.74. The van der Waals surface area contributed by atoms with Crippen LogP contribution in [0.1, 0.15) is 61.9 Å². The van der Waals surface area contributed by atoms with Crippen molar-refractivity contribution in [2.24, 2.45) is 0 Å². The highest BCUT2D eigenvalue weighted by Gasteiger charge is 2.25. The summed E-state index contributed by atoms with van der Waals surface area (Å²) in [4.78, 5) is 4.69. The average Bonchev–Trinajstić information content (AvgIpc) is 2.52. The zero-order chi connectivity index (χ0) is 10.8. The van der Waals surface area contributed by atoms with Gasteiger partial charge in [-0.15, -0.1) is 0 Å². The first-order chi connectivity index (χ1) is 7.93. The van der Waals surface area contributed by atoms with Gasteiger partial charge < -0.3 is 9.73 Å². The van der Waals surface area contributed by atoms with Gasteiger partial charge in [-0.2, -0.15) is 0 Å². The minimum Gasteiger partial charge on any atom is -0.448 e. The number of aromatic nitrogens is 1. The Morgan fingerprint density at radius 2 is 1.81 bits per heavy atom. The predicted molar refractivity (Wildman–Crippen MR) is 62.6 cm³/mol.